The van der Waals surface area contributed by atoms with Gasteiger partial charge in [-0.2, -0.15) is 0 Å². The summed E-state index contributed by atoms with van der Waals surface area (Å²) < 4.78 is 10.7. The van der Waals surface area contributed by atoms with E-state index in [2.05, 4.69) is 10.9 Å². The molecule has 0 aliphatic rings. The predicted octanol–water partition coefficient (Wildman–Crippen LogP) is 2.96. The Hall–Kier alpha value is -3.28. The monoisotopic (exact) mass is 354 g/mol. The van der Waals surface area contributed by atoms with Gasteiger partial charge in [-0.25, -0.2) is 0 Å². The van der Waals surface area contributed by atoms with E-state index in [-0.39, 0.29) is 0 Å². The quantitative estimate of drug-likeness (QED) is 0.592. The highest BCUT2D eigenvalue weighted by molar-refractivity contribution is 5.97. The minimum atomic E-state index is -0.432. The number of ether oxygens (including phenoxy) is 2. The normalized spacial score (nSPS) is 10.4. The number of carbonyl (C=O) groups is 2. The summed E-state index contributed by atoms with van der Waals surface area (Å²) in [6, 6.07) is 14.0. The van der Waals surface area contributed by atoms with E-state index in [0.717, 1.165) is 11.3 Å². The van der Waals surface area contributed by atoms with Crippen molar-refractivity contribution in [1.82, 2.24) is 10.9 Å². The molecular formula is C20H22N2O4. The minimum Gasteiger partial charge on any atom is -0.494 e. The molecule has 2 aromatic carbocycles. The van der Waals surface area contributed by atoms with Crippen LogP contribution >= 0.6 is 0 Å². The van der Waals surface area contributed by atoms with E-state index >= 15 is 0 Å². The summed E-state index contributed by atoms with van der Waals surface area (Å²) in [6.45, 7) is 4.96. The Labute approximate surface area is 152 Å². The topological polar surface area (TPSA) is 76.7 Å². The third-order valence-corrected chi connectivity index (χ3v) is 3.35. The molecule has 0 aromatic heterocycles. The maximum absolute atomic E-state index is 12.0. The first-order valence-corrected chi connectivity index (χ1v) is 8.36. The highest BCUT2D eigenvalue weighted by Gasteiger charge is 2.06. The molecule has 26 heavy (non-hydrogen) atoms. The molecular weight excluding hydrogens is 332 g/mol. The van der Waals surface area contributed by atoms with Crippen LogP contribution in [0.1, 0.15) is 29.8 Å². The molecule has 0 heterocycles. The number of benzene rings is 2. The van der Waals surface area contributed by atoms with Crippen molar-refractivity contribution in [2.45, 2.75) is 13.8 Å². The van der Waals surface area contributed by atoms with Gasteiger partial charge in [0.05, 0.1) is 13.2 Å². The zero-order valence-corrected chi connectivity index (χ0v) is 14.8. The highest BCUT2D eigenvalue weighted by Crippen LogP contribution is 2.13. The van der Waals surface area contributed by atoms with Gasteiger partial charge in [-0.1, -0.05) is 12.1 Å². The van der Waals surface area contributed by atoms with Crippen LogP contribution in [0.25, 0.3) is 6.08 Å². The van der Waals surface area contributed by atoms with Gasteiger partial charge in [-0.05, 0) is 61.9 Å². The zero-order valence-electron chi connectivity index (χ0n) is 14.8. The van der Waals surface area contributed by atoms with Gasteiger partial charge in [-0.3, -0.25) is 20.4 Å². The van der Waals surface area contributed by atoms with E-state index in [1.165, 1.54) is 6.08 Å². The number of hydrogen-bond acceptors (Lipinski definition) is 4. The summed E-state index contributed by atoms with van der Waals surface area (Å²) in [4.78, 5) is 23.8. The van der Waals surface area contributed by atoms with Crippen molar-refractivity contribution in [2.24, 2.45) is 0 Å². The number of carbonyl (C=O) groups excluding carboxylic acids is 2. The van der Waals surface area contributed by atoms with Crippen molar-refractivity contribution in [2.75, 3.05) is 13.2 Å². The fraction of sp³-hybridized carbons (Fsp3) is 0.200. The lowest BCUT2D eigenvalue weighted by atomic mass is 10.2. The molecule has 0 atom stereocenters. The number of hydrazine groups is 1. The summed E-state index contributed by atoms with van der Waals surface area (Å²) in [5.41, 5.74) is 5.97. The summed E-state index contributed by atoms with van der Waals surface area (Å²) in [5, 5.41) is 0. The molecule has 0 aliphatic carbocycles. The molecule has 6 heteroatoms. The Kier molecular flexibility index (Phi) is 7.24. The van der Waals surface area contributed by atoms with Crippen molar-refractivity contribution >= 4 is 17.9 Å². The van der Waals surface area contributed by atoms with E-state index in [4.69, 9.17) is 9.47 Å². The van der Waals surface area contributed by atoms with Gasteiger partial charge >= 0.3 is 0 Å². The number of rotatable bonds is 7. The van der Waals surface area contributed by atoms with Crippen molar-refractivity contribution in [3.63, 3.8) is 0 Å². The van der Waals surface area contributed by atoms with Gasteiger partial charge in [0, 0.05) is 11.6 Å². The van der Waals surface area contributed by atoms with Crippen LogP contribution in [0.15, 0.2) is 54.6 Å². The van der Waals surface area contributed by atoms with Gasteiger partial charge < -0.3 is 9.47 Å². The maximum atomic E-state index is 12.0. The van der Waals surface area contributed by atoms with Crippen LogP contribution in [-0.2, 0) is 4.79 Å². The second-order valence-corrected chi connectivity index (χ2v) is 5.24. The summed E-state index contributed by atoms with van der Waals surface area (Å²) in [7, 11) is 0. The fourth-order valence-electron chi connectivity index (χ4n) is 2.12. The molecule has 136 valence electrons. The van der Waals surface area contributed by atoms with Crippen LogP contribution in [0.3, 0.4) is 0 Å². The van der Waals surface area contributed by atoms with Crippen LogP contribution < -0.4 is 20.3 Å². The van der Waals surface area contributed by atoms with Crippen LogP contribution in [-0.4, -0.2) is 25.0 Å². The Bertz CT molecular complexity index is 752. The highest BCUT2D eigenvalue weighted by atomic mass is 16.5. The van der Waals surface area contributed by atoms with Crippen molar-refractivity contribution in [3.05, 3.63) is 65.7 Å². The van der Waals surface area contributed by atoms with Gasteiger partial charge in [0.15, 0.2) is 0 Å². The van der Waals surface area contributed by atoms with E-state index in [1.54, 1.807) is 30.3 Å². The van der Waals surface area contributed by atoms with Gasteiger partial charge in [-0.15, -0.1) is 0 Å². The standard InChI is InChI=1S/C20H22N2O4/c1-3-25-17-10-5-15(6-11-17)7-14-19(23)21-22-20(24)16-8-12-18(13-9-16)26-4-2/h5-14H,3-4H2,1-2H3,(H,21,23)(H,22,24)/b14-7+. The van der Waals surface area contributed by atoms with Gasteiger partial charge in [0.25, 0.3) is 11.8 Å². The molecule has 2 aromatic rings. The van der Waals surface area contributed by atoms with Crippen LogP contribution in [0.5, 0.6) is 11.5 Å². The van der Waals surface area contributed by atoms with Crippen LogP contribution in [0.4, 0.5) is 0 Å². The number of amides is 2. The Morgan fingerprint density at radius 2 is 1.38 bits per heavy atom. The Morgan fingerprint density at radius 1 is 0.846 bits per heavy atom. The molecule has 0 saturated carbocycles. The summed E-state index contributed by atoms with van der Waals surface area (Å²) >= 11 is 0. The average molecular weight is 354 g/mol. The molecule has 0 spiro atoms. The summed E-state index contributed by atoms with van der Waals surface area (Å²) in [5.74, 6) is 0.622. The third kappa shape index (κ3) is 5.98. The molecule has 6 nitrogen and oxygen atoms in total. The lowest BCUT2D eigenvalue weighted by Crippen LogP contribution is -2.40. The van der Waals surface area contributed by atoms with E-state index < -0.39 is 11.8 Å². The molecule has 0 fully saturated rings. The second kappa shape index (κ2) is 9.88. The van der Waals surface area contributed by atoms with Crippen molar-refractivity contribution in [3.8, 4) is 11.5 Å². The minimum absolute atomic E-state index is 0.407. The summed E-state index contributed by atoms with van der Waals surface area (Å²) in [6.07, 6.45) is 2.99. The zero-order chi connectivity index (χ0) is 18.8. The maximum Gasteiger partial charge on any atom is 0.269 e. The predicted molar refractivity (Wildman–Crippen MR) is 99.9 cm³/mol. The van der Waals surface area contributed by atoms with E-state index in [1.807, 2.05) is 38.1 Å². The molecule has 0 bridgehead atoms. The van der Waals surface area contributed by atoms with Crippen LogP contribution in [0, 0.1) is 0 Å². The third-order valence-electron chi connectivity index (χ3n) is 3.35. The van der Waals surface area contributed by atoms with E-state index in [9.17, 15) is 9.59 Å². The number of hydrogen-bond donors (Lipinski definition) is 2. The smallest absolute Gasteiger partial charge is 0.269 e. The molecule has 0 radical (unpaired) electrons. The van der Waals surface area contributed by atoms with E-state index in [0.29, 0.717) is 24.5 Å². The SMILES string of the molecule is CCOc1ccc(/C=C/C(=O)NNC(=O)c2ccc(OCC)cc2)cc1. The Morgan fingerprint density at radius 3 is 1.92 bits per heavy atom. The number of nitrogens with one attached hydrogen (secondary N) is 2. The fourth-order valence-corrected chi connectivity index (χ4v) is 2.12. The van der Waals surface area contributed by atoms with Crippen molar-refractivity contribution in [1.29, 1.82) is 0 Å². The van der Waals surface area contributed by atoms with Crippen LogP contribution in [0.2, 0.25) is 0 Å². The first-order valence-electron chi connectivity index (χ1n) is 8.36. The lowest BCUT2D eigenvalue weighted by Gasteiger charge is -2.07. The molecule has 2 rings (SSSR count). The average Bonchev–Trinajstić information content (AvgIpc) is 2.66. The largest absolute Gasteiger partial charge is 0.494 e. The molecule has 0 saturated heterocycles. The van der Waals surface area contributed by atoms with Crippen molar-refractivity contribution < 1.29 is 19.1 Å². The second-order valence-electron chi connectivity index (χ2n) is 5.24. The molecule has 2 amide bonds. The lowest BCUT2D eigenvalue weighted by molar-refractivity contribution is -0.117. The molecule has 0 aliphatic heterocycles. The first-order chi connectivity index (χ1) is 12.6. The Balaban J connectivity index is 1.82. The first kappa shape index (κ1) is 19.1. The molecule has 0 unspecified atom stereocenters. The van der Waals surface area contributed by atoms with Gasteiger partial charge in [0.2, 0.25) is 0 Å². The molecule has 2 N–H and O–H groups in total. The van der Waals surface area contributed by atoms with Gasteiger partial charge in [0.1, 0.15) is 11.5 Å².